The minimum Gasteiger partial charge on any atom is -0.493 e. The number of carbonyl (C=O) groups is 1. The number of carbonyl (C=O) groups excluding carboxylic acids is 1. The molecule has 0 aliphatic carbocycles. The topological polar surface area (TPSA) is 44.8 Å². The monoisotopic (exact) mass is 511 g/mol. The van der Waals surface area contributed by atoms with Gasteiger partial charge in [-0.1, -0.05) is 18.2 Å². The maximum absolute atomic E-state index is 13.9. The van der Waals surface area contributed by atoms with Crippen LogP contribution >= 0.6 is 15.9 Å². The van der Waals surface area contributed by atoms with Crippen LogP contribution in [0.25, 0.3) is 0 Å². The summed E-state index contributed by atoms with van der Waals surface area (Å²) in [6.45, 7) is 6.62. The van der Waals surface area contributed by atoms with Gasteiger partial charge in [0.1, 0.15) is 11.6 Å². The summed E-state index contributed by atoms with van der Waals surface area (Å²) < 4.78 is 20.2. The van der Waals surface area contributed by atoms with Gasteiger partial charge in [0.25, 0.3) is 5.91 Å². The van der Waals surface area contributed by atoms with Gasteiger partial charge in [0, 0.05) is 55.2 Å². The molecule has 1 heterocycles. The lowest BCUT2D eigenvalue weighted by atomic mass is 10.1. The molecule has 1 saturated heterocycles. The van der Waals surface area contributed by atoms with Gasteiger partial charge in [0.2, 0.25) is 0 Å². The highest BCUT2D eigenvalue weighted by Crippen LogP contribution is 2.27. The van der Waals surface area contributed by atoms with E-state index in [0.717, 1.165) is 47.6 Å². The van der Waals surface area contributed by atoms with E-state index < -0.39 is 0 Å². The molecule has 5 nitrogen and oxygen atoms in total. The molecule has 0 bridgehead atoms. The summed E-state index contributed by atoms with van der Waals surface area (Å²) in [6, 6.07) is 20.1. The van der Waals surface area contributed by atoms with Gasteiger partial charge in [0.15, 0.2) is 0 Å². The van der Waals surface area contributed by atoms with E-state index in [-0.39, 0.29) is 11.7 Å². The molecule has 0 radical (unpaired) electrons. The number of halogens is 2. The van der Waals surface area contributed by atoms with Crippen LogP contribution in [0.4, 0.5) is 15.8 Å². The Balaban J connectivity index is 1.31. The summed E-state index contributed by atoms with van der Waals surface area (Å²) in [5.74, 6) is 0.399. The van der Waals surface area contributed by atoms with Crippen molar-refractivity contribution < 1.29 is 13.9 Å². The third kappa shape index (κ3) is 5.92. The maximum Gasteiger partial charge on any atom is 0.255 e. The molecule has 172 valence electrons. The molecule has 0 spiro atoms. The molecular weight excluding hydrogens is 485 g/mol. The minimum absolute atomic E-state index is 0.143. The molecule has 33 heavy (non-hydrogen) atoms. The fraction of sp³-hybridized carbons (Fsp3) is 0.269. The van der Waals surface area contributed by atoms with Gasteiger partial charge in [-0.3, -0.25) is 9.69 Å². The van der Waals surface area contributed by atoms with Crippen LogP contribution in [0.3, 0.4) is 0 Å². The Morgan fingerprint density at radius 3 is 2.42 bits per heavy atom. The summed E-state index contributed by atoms with van der Waals surface area (Å²) in [6.07, 6.45) is 0. The Hall–Kier alpha value is -2.90. The van der Waals surface area contributed by atoms with Crippen molar-refractivity contribution in [2.24, 2.45) is 0 Å². The number of benzene rings is 3. The van der Waals surface area contributed by atoms with Crippen LogP contribution in [0.15, 0.2) is 71.2 Å². The van der Waals surface area contributed by atoms with E-state index >= 15 is 0 Å². The van der Waals surface area contributed by atoms with Crippen LogP contribution in [0, 0.1) is 5.82 Å². The molecular formula is C26H27BrFN3O2. The molecule has 1 N–H and O–H groups in total. The first-order chi connectivity index (χ1) is 16.0. The Bertz CT molecular complexity index is 1100. The SMILES string of the molecule is CCOc1ccc(C(=O)Nc2ccc(N3CCN(Cc4ccccc4F)CC3)cc2)cc1Br. The van der Waals surface area contributed by atoms with Gasteiger partial charge in [-0.2, -0.15) is 0 Å². The molecule has 3 aromatic carbocycles. The first-order valence-corrected chi connectivity index (χ1v) is 11.9. The average Bonchev–Trinajstić information content (AvgIpc) is 2.83. The van der Waals surface area contributed by atoms with Crippen molar-refractivity contribution in [3.05, 3.63) is 88.1 Å². The van der Waals surface area contributed by atoms with E-state index in [1.807, 2.05) is 43.3 Å². The van der Waals surface area contributed by atoms with Crippen molar-refractivity contribution in [2.45, 2.75) is 13.5 Å². The molecule has 1 aliphatic rings. The molecule has 1 fully saturated rings. The minimum atomic E-state index is -0.173. The van der Waals surface area contributed by atoms with Crippen molar-refractivity contribution in [2.75, 3.05) is 43.0 Å². The van der Waals surface area contributed by atoms with Crippen molar-refractivity contribution in [3.8, 4) is 5.75 Å². The fourth-order valence-electron chi connectivity index (χ4n) is 3.91. The van der Waals surface area contributed by atoms with Gasteiger partial charge in [0.05, 0.1) is 11.1 Å². The normalized spacial score (nSPS) is 14.2. The number of hydrogen-bond acceptors (Lipinski definition) is 4. The number of nitrogens with one attached hydrogen (secondary N) is 1. The van der Waals surface area contributed by atoms with Crippen LogP contribution in [-0.4, -0.2) is 43.6 Å². The van der Waals surface area contributed by atoms with Crippen molar-refractivity contribution in [3.63, 3.8) is 0 Å². The van der Waals surface area contributed by atoms with Gasteiger partial charge in [-0.25, -0.2) is 4.39 Å². The Kier molecular flexibility index (Phi) is 7.62. The molecule has 1 amide bonds. The molecule has 3 aromatic rings. The van der Waals surface area contributed by atoms with Crippen molar-refractivity contribution >= 4 is 33.2 Å². The fourth-order valence-corrected chi connectivity index (χ4v) is 4.40. The highest BCUT2D eigenvalue weighted by molar-refractivity contribution is 9.10. The van der Waals surface area contributed by atoms with Crippen LogP contribution in [0.2, 0.25) is 0 Å². The molecule has 4 rings (SSSR count). The largest absolute Gasteiger partial charge is 0.493 e. The van der Waals surface area contributed by atoms with Gasteiger partial charge in [-0.15, -0.1) is 0 Å². The Morgan fingerprint density at radius 1 is 1.03 bits per heavy atom. The molecule has 0 saturated carbocycles. The summed E-state index contributed by atoms with van der Waals surface area (Å²) in [7, 11) is 0. The van der Waals surface area contributed by atoms with Crippen LogP contribution in [0.5, 0.6) is 5.75 Å². The highest BCUT2D eigenvalue weighted by atomic mass is 79.9. The zero-order valence-electron chi connectivity index (χ0n) is 18.6. The number of piperazine rings is 1. The first kappa shape index (κ1) is 23.3. The summed E-state index contributed by atoms with van der Waals surface area (Å²) >= 11 is 3.45. The average molecular weight is 512 g/mol. The standard InChI is InChI=1S/C26H27BrFN3O2/c1-2-33-25-12-7-19(17-23(25)27)26(32)29-21-8-10-22(11-9-21)31-15-13-30(14-16-31)18-20-5-3-4-6-24(20)28/h3-12,17H,2,13-16,18H2,1H3,(H,29,32). The second kappa shape index (κ2) is 10.8. The number of ether oxygens (including phenoxy) is 1. The lowest BCUT2D eigenvalue weighted by molar-refractivity contribution is 0.102. The summed E-state index contributed by atoms with van der Waals surface area (Å²) in [5.41, 5.74) is 3.15. The van der Waals surface area contributed by atoms with E-state index in [1.54, 1.807) is 24.3 Å². The molecule has 0 atom stereocenters. The predicted octanol–water partition coefficient (Wildman–Crippen LogP) is 5.56. The number of amides is 1. The summed E-state index contributed by atoms with van der Waals surface area (Å²) in [5, 5.41) is 2.94. The van der Waals surface area contributed by atoms with Crippen molar-refractivity contribution in [1.82, 2.24) is 4.90 Å². The van der Waals surface area contributed by atoms with Crippen molar-refractivity contribution in [1.29, 1.82) is 0 Å². The number of rotatable bonds is 7. The molecule has 0 aromatic heterocycles. The second-order valence-corrected chi connectivity index (χ2v) is 8.79. The summed E-state index contributed by atoms with van der Waals surface area (Å²) in [4.78, 5) is 17.2. The van der Waals surface area contributed by atoms with E-state index in [0.29, 0.717) is 24.5 Å². The second-order valence-electron chi connectivity index (χ2n) is 7.93. The third-order valence-corrected chi connectivity index (χ3v) is 6.33. The van der Waals surface area contributed by atoms with Crippen LogP contribution < -0.4 is 15.0 Å². The Morgan fingerprint density at radius 2 is 1.76 bits per heavy atom. The van der Waals surface area contributed by atoms with E-state index in [1.165, 1.54) is 6.07 Å². The molecule has 7 heteroatoms. The van der Waals surface area contributed by atoms with E-state index in [9.17, 15) is 9.18 Å². The molecule has 0 unspecified atom stereocenters. The van der Waals surface area contributed by atoms with Gasteiger partial charge >= 0.3 is 0 Å². The van der Waals surface area contributed by atoms with E-state index in [2.05, 4.69) is 31.0 Å². The lowest BCUT2D eigenvalue weighted by Crippen LogP contribution is -2.46. The number of anilines is 2. The third-order valence-electron chi connectivity index (χ3n) is 5.71. The first-order valence-electron chi connectivity index (χ1n) is 11.1. The predicted molar refractivity (Wildman–Crippen MR) is 134 cm³/mol. The number of nitrogens with zero attached hydrogens (tertiary/aromatic N) is 2. The van der Waals surface area contributed by atoms with Gasteiger partial charge < -0.3 is 15.0 Å². The zero-order valence-corrected chi connectivity index (χ0v) is 20.1. The van der Waals surface area contributed by atoms with Crippen LogP contribution in [0.1, 0.15) is 22.8 Å². The zero-order chi connectivity index (χ0) is 23.2. The Labute approximate surface area is 202 Å². The number of hydrogen-bond donors (Lipinski definition) is 1. The van der Waals surface area contributed by atoms with Gasteiger partial charge in [-0.05, 0) is 71.4 Å². The highest BCUT2D eigenvalue weighted by Gasteiger charge is 2.18. The lowest BCUT2D eigenvalue weighted by Gasteiger charge is -2.36. The smallest absolute Gasteiger partial charge is 0.255 e. The van der Waals surface area contributed by atoms with Crippen LogP contribution in [-0.2, 0) is 6.54 Å². The maximum atomic E-state index is 13.9. The quantitative estimate of drug-likeness (QED) is 0.450. The van der Waals surface area contributed by atoms with E-state index in [4.69, 9.17) is 4.74 Å². The molecule has 1 aliphatic heterocycles.